The van der Waals surface area contributed by atoms with Crippen molar-refractivity contribution in [2.45, 2.75) is 32.2 Å². The summed E-state index contributed by atoms with van der Waals surface area (Å²) in [6.45, 7) is 3.62. The van der Waals surface area contributed by atoms with Gasteiger partial charge in [-0.25, -0.2) is 4.68 Å². The summed E-state index contributed by atoms with van der Waals surface area (Å²) in [5.41, 5.74) is 3.00. The van der Waals surface area contributed by atoms with E-state index in [0.29, 0.717) is 12.1 Å². The fourth-order valence-corrected chi connectivity index (χ4v) is 2.72. The number of fused-ring (bicyclic) bond motifs is 1. The Hall–Kier alpha value is -2.17. The van der Waals surface area contributed by atoms with Gasteiger partial charge in [0.1, 0.15) is 5.69 Å². The molecule has 0 aliphatic carbocycles. The van der Waals surface area contributed by atoms with Gasteiger partial charge in [0.2, 0.25) is 0 Å². The Morgan fingerprint density at radius 2 is 2.30 bits per heavy atom. The second kappa shape index (κ2) is 5.45. The number of para-hydroxylation sites is 1. The first kappa shape index (κ1) is 12.8. The molecule has 104 valence electrons. The van der Waals surface area contributed by atoms with Crippen molar-refractivity contribution in [1.82, 2.24) is 15.0 Å². The van der Waals surface area contributed by atoms with Gasteiger partial charge in [0.05, 0.1) is 6.20 Å². The van der Waals surface area contributed by atoms with E-state index in [9.17, 15) is 4.79 Å². The number of carbonyl (C=O) groups is 1. The molecule has 20 heavy (non-hydrogen) atoms. The molecule has 0 bridgehead atoms. The van der Waals surface area contributed by atoms with Crippen molar-refractivity contribution in [3.8, 4) is 0 Å². The zero-order chi connectivity index (χ0) is 13.9. The summed E-state index contributed by atoms with van der Waals surface area (Å²) in [5, 5.41) is 11.2. The normalized spacial score (nSPS) is 16.8. The Morgan fingerprint density at radius 3 is 3.15 bits per heavy atom. The molecule has 2 aromatic rings. The average molecular weight is 270 g/mol. The summed E-state index contributed by atoms with van der Waals surface area (Å²) in [5.74, 6) is 0.357. The maximum absolute atomic E-state index is 12.4. The monoisotopic (exact) mass is 270 g/mol. The van der Waals surface area contributed by atoms with Gasteiger partial charge in [0.15, 0.2) is 5.78 Å². The van der Waals surface area contributed by atoms with Crippen LogP contribution >= 0.6 is 0 Å². The van der Waals surface area contributed by atoms with E-state index in [1.165, 1.54) is 5.56 Å². The summed E-state index contributed by atoms with van der Waals surface area (Å²) >= 11 is 0. The first-order valence-corrected chi connectivity index (χ1v) is 7.04. The van der Waals surface area contributed by atoms with Crippen LogP contribution in [0.25, 0.3) is 0 Å². The van der Waals surface area contributed by atoms with Crippen LogP contribution in [0.4, 0.5) is 5.69 Å². The predicted octanol–water partition coefficient (Wildman–Crippen LogP) is 2.47. The van der Waals surface area contributed by atoms with Gasteiger partial charge in [0, 0.05) is 31.1 Å². The molecule has 1 aliphatic heterocycles. The van der Waals surface area contributed by atoms with E-state index < -0.39 is 0 Å². The lowest BCUT2D eigenvalue weighted by Gasteiger charge is -2.09. The Kier molecular flexibility index (Phi) is 3.50. The van der Waals surface area contributed by atoms with E-state index in [1.807, 2.05) is 12.1 Å². The van der Waals surface area contributed by atoms with Gasteiger partial charge in [0.25, 0.3) is 0 Å². The zero-order valence-corrected chi connectivity index (χ0v) is 11.5. The first-order valence-electron chi connectivity index (χ1n) is 7.04. The molecule has 2 heterocycles. The van der Waals surface area contributed by atoms with Gasteiger partial charge in [-0.1, -0.05) is 30.3 Å². The molecule has 0 saturated carbocycles. The molecule has 1 atom stereocenters. The van der Waals surface area contributed by atoms with Gasteiger partial charge >= 0.3 is 0 Å². The number of anilines is 1. The lowest BCUT2D eigenvalue weighted by atomic mass is 9.95. The molecule has 5 heteroatoms. The molecular formula is C15H18N4O. The van der Waals surface area contributed by atoms with Crippen LogP contribution in [0.3, 0.4) is 0 Å². The SMILES string of the molecule is CCCn1nncc1C(=O)CC1CNc2ccccc21. The lowest BCUT2D eigenvalue weighted by Crippen LogP contribution is -2.14. The predicted molar refractivity (Wildman–Crippen MR) is 76.9 cm³/mol. The van der Waals surface area contributed by atoms with Crippen LogP contribution in [0.1, 0.15) is 41.7 Å². The van der Waals surface area contributed by atoms with Crippen molar-refractivity contribution in [2.75, 3.05) is 11.9 Å². The number of Topliss-reactive ketones (excluding diaryl/α,β-unsaturated/α-hetero) is 1. The van der Waals surface area contributed by atoms with Crippen molar-refractivity contribution in [3.63, 3.8) is 0 Å². The summed E-state index contributed by atoms with van der Waals surface area (Å²) in [6, 6.07) is 8.18. The molecule has 0 saturated heterocycles. The Labute approximate surface area is 118 Å². The standard InChI is InChI=1S/C15H18N4O/c1-2-7-19-14(10-17-18-19)15(20)8-11-9-16-13-6-4-3-5-12(11)13/h3-6,10-11,16H,2,7-9H2,1H3. The highest BCUT2D eigenvalue weighted by Gasteiger charge is 2.25. The number of nitrogens with one attached hydrogen (secondary N) is 1. The Balaban J connectivity index is 1.76. The number of hydrogen-bond donors (Lipinski definition) is 1. The minimum absolute atomic E-state index is 0.118. The van der Waals surface area contributed by atoms with Crippen molar-refractivity contribution in [3.05, 3.63) is 41.7 Å². The maximum atomic E-state index is 12.4. The third-order valence-electron chi connectivity index (χ3n) is 3.71. The van der Waals surface area contributed by atoms with Crippen molar-refractivity contribution < 1.29 is 4.79 Å². The summed E-state index contributed by atoms with van der Waals surface area (Å²) in [7, 11) is 0. The van der Waals surface area contributed by atoms with Gasteiger partial charge in [-0.3, -0.25) is 4.79 Å². The Bertz CT molecular complexity index is 620. The maximum Gasteiger partial charge on any atom is 0.183 e. The molecule has 1 aliphatic rings. The quantitative estimate of drug-likeness (QED) is 0.848. The minimum Gasteiger partial charge on any atom is -0.384 e. The van der Waals surface area contributed by atoms with Gasteiger partial charge in [-0.05, 0) is 18.1 Å². The molecule has 1 N–H and O–H groups in total. The molecule has 0 spiro atoms. The molecular weight excluding hydrogens is 252 g/mol. The smallest absolute Gasteiger partial charge is 0.183 e. The summed E-state index contributed by atoms with van der Waals surface area (Å²) in [4.78, 5) is 12.4. The number of hydrogen-bond acceptors (Lipinski definition) is 4. The van der Waals surface area contributed by atoms with E-state index in [4.69, 9.17) is 0 Å². The van der Waals surface area contributed by atoms with Crippen LogP contribution in [-0.2, 0) is 6.54 Å². The van der Waals surface area contributed by atoms with Crippen LogP contribution in [0.15, 0.2) is 30.5 Å². The average Bonchev–Trinajstić information content (AvgIpc) is 3.07. The number of ketones is 1. The number of aryl methyl sites for hydroxylation is 1. The molecule has 3 rings (SSSR count). The molecule has 5 nitrogen and oxygen atoms in total. The minimum atomic E-state index is 0.118. The second-order valence-electron chi connectivity index (χ2n) is 5.13. The third kappa shape index (κ3) is 2.31. The van der Waals surface area contributed by atoms with Gasteiger partial charge in [-0.2, -0.15) is 0 Å². The van der Waals surface area contributed by atoms with E-state index in [2.05, 4.69) is 34.7 Å². The van der Waals surface area contributed by atoms with Crippen LogP contribution in [0.5, 0.6) is 0 Å². The van der Waals surface area contributed by atoms with E-state index in [1.54, 1.807) is 10.9 Å². The van der Waals surface area contributed by atoms with Gasteiger partial charge < -0.3 is 5.32 Å². The van der Waals surface area contributed by atoms with E-state index >= 15 is 0 Å². The van der Waals surface area contributed by atoms with Crippen molar-refractivity contribution in [2.24, 2.45) is 0 Å². The van der Waals surface area contributed by atoms with Gasteiger partial charge in [-0.15, -0.1) is 5.10 Å². The second-order valence-corrected chi connectivity index (χ2v) is 5.13. The van der Waals surface area contributed by atoms with Crippen molar-refractivity contribution in [1.29, 1.82) is 0 Å². The zero-order valence-electron chi connectivity index (χ0n) is 11.5. The topological polar surface area (TPSA) is 59.8 Å². The van der Waals surface area contributed by atoms with Crippen LogP contribution < -0.4 is 5.32 Å². The molecule has 1 aromatic heterocycles. The highest BCUT2D eigenvalue weighted by Crippen LogP contribution is 2.33. The number of aromatic nitrogens is 3. The fraction of sp³-hybridized carbons (Fsp3) is 0.400. The van der Waals surface area contributed by atoms with E-state index in [0.717, 1.165) is 25.2 Å². The largest absolute Gasteiger partial charge is 0.384 e. The van der Waals surface area contributed by atoms with Crippen LogP contribution in [0, 0.1) is 0 Å². The van der Waals surface area contributed by atoms with E-state index in [-0.39, 0.29) is 11.7 Å². The number of carbonyl (C=O) groups excluding carboxylic acids is 1. The fourth-order valence-electron chi connectivity index (χ4n) is 2.72. The van der Waals surface area contributed by atoms with Crippen LogP contribution in [-0.4, -0.2) is 27.3 Å². The molecule has 0 fully saturated rings. The highest BCUT2D eigenvalue weighted by molar-refractivity contribution is 5.95. The number of benzene rings is 1. The molecule has 0 amide bonds. The summed E-state index contributed by atoms with van der Waals surface area (Å²) in [6.07, 6.45) is 3.02. The Morgan fingerprint density at radius 1 is 1.45 bits per heavy atom. The highest BCUT2D eigenvalue weighted by atomic mass is 16.1. The third-order valence-corrected chi connectivity index (χ3v) is 3.71. The molecule has 1 aromatic carbocycles. The first-order chi connectivity index (χ1) is 9.79. The lowest BCUT2D eigenvalue weighted by molar-refractivity contribution is 0.0965. The number of nitrogens with zero attached hydrogens (tertiary/aromatic N) is 3. The van der Waals surface area contributed by atoms with Crippen molar-refractivity contribution >= 4 is 11.5 Å². The molecule has 1 unspecified atom stereocenters. The summed E-state index contributed by atoms with van der Waals surface area (Å²) < 4.78 is 1.70. The van der Waals surface area contributed by atoms with Crippen LogP contribution in [0.2, 0.25) is 0 Å². The molecule has 0 radical (unpaired) electrons. The number of rotatable bonds is 5.